The number of aliphatic hydroxyl groups is 1. The first-order valence-electron chi connectivity index (χ1n) is 4.29. The van der Waals surface area contributed by atoms with E-state index in [1.165, 1.54) is 6.42 Å². The van der Waals surface area contributed by atoms with Gasteiger partial charge in [0, 0.05) is 0 Å². The van der Waals surface area contributed by atoms with E-state index in [2.05, 4.69) is 20.8 Å². The van der Waals surface area contributed by atoms with Crippen molar-refractivity contribution in [3.05, 3.63) is 0 Å². The van der Waals surface area contributed by atoms with Crippen molar-refractivity contribution in [3.8, 4) is 0 Å². The fourth-order valence-corrected chi connectivity index (χ4v) is 1.82. The molecule has 0 spiro atoms. The van der Waals surface area contributed by atoms with Crippen molar-refractivity contribution in [2.45, 2.75) is 39.7 Å². The zero-order valence-electron chi connectivity index (χ0n) is 7.17. The van der Waals surface area contributed by atoms with E-state index < -0.39 is 0 Å². The molecule has 4 unspecified atom stereocenters. The minimum absolute atomic E-state index is 0.0359. The zero-order chi connectivity index (χ0) is 7.72. The molecule has 0 heterocycles. The highest BCUT2D eigenvalue weighted by Gasteiger charge is 2.28. The summed E-state index contributed by atoms with van der Waals surface area (Å²) in [4.78, 5) is 0. The van der Waals surface area contributed by atoms with Gasteiger partial charge in [0.15, 0.2) is 0 Å². The van der Waals surface area contributed by atoms with Crippen molar-refractivity contribution in [2.75, 3.05) is 0 Å². The van der Waals surface area contributed by atoms with E-state index in [1.54, 1.807) is 0 Å². The first-order valence-corrected chi connectivity index (χ1v) is 4.29. The third kappa shape index (κ3) is 1.51. The fourth-order valence-electron chi connectivity index (χ4n) is 1.82. The molecule has 4 atom stereocenters. The van der Waals surface area contributed by atoms with E-state index in [-0.39, 0.29) is 6.10 Å². The van der Waals surface area contributed by atoms with Gasteiger partial charge in [-0.15, -0.1) is 0 Å². The maximum absolute atomic E-state index is 9.47. The number of hydrogen-bond acceptors (Lipinski definition) is 1. The first kappa shape index (κ1) is 8.06. The standard InChI is InChI=1S/C9H18O/c1-6-4-8(3)9(10)5-7(6)2/h6-10H,4-5H2,1-3H3. The quantitative estimate of drug-likeness (QED) is 0.549. The summed E-state index contributed by atoms with van der Waals surface area (Å²) in [6.07, 6.45) is 2.16. The average Bonchev–Trinajstić information content (AvgIpc) is 1.84. The summed E-state index contributed by atoms with van der Waals surface area (Å²) in [7, 11) is 0. The van der Waals surface area contributed by atoms with Crippen LogP contribution in [0.5, 0.6) is 0 Å². The van der Waals surface area contributed by atoms with Crippen molar-refractivity contribution in [3.63, 3.8) is 0 Å². The van der Waals surface area contributed by atoms with Gasteiger partial charge in [-0.05, 0) is 30.6 Å². The molecule has 0 aromatic rings. The van der Waals surface area contributed by atoms with Crippen molar-refractivity contribution < 1.29 is 5.11 Å². The minimum atomic E-state index is -0.0359. The van der Waals surface area contributed by atoms with Crippen LogP contribution < -0.4 is 0 Å². The maximum atomic E-state index is 9.47. The molecular weight excluding hydrogens is 124 g/mol. The summed E-state index contributed by atoms with van der Waals surface area (Å²) in [6, 6.07) is 0. The summed E-state index contributed by atoms with van der Waals surface area (Å²) >= 11 is 0. The van der Waals surface area contributed by atoms with Gasteiger partial charge in [-0.25, -0.2) is 0 Å². The molecule has 60 valence electrons. The van der Waals surface area contributed by atoms with Crippen LogP contribution >= 0.6 is 0 Å². The highest BCUT2D eigenvalue weighted by Crippen LogP contribution is 2.32. The van der Waals surface area contributed by atoms with Crippen LogP contribution in [0, 0.1) is 17.8 Å². The van der Waals surface area contributed by atoms with E-state index in [4.69, 9.17) is 0 Å². The summed E-state index contributed by atoms with van der Waals surface area (Å²) in [5.41, 5.74) is 0. The lowest BCUT2D eigenvalue weighted by Gasteiger charge is -2.34. The topological polar surface area (TPSA) is 20.2 Å². The third-order valence-electron chi connectivity index (χ3n) is 2.99. The second-order valence-electron chi connectivity index (χ2n) is 3.97. The van der Waals surface area contributed by atoms with Crippen LogP contribution in [0.3, 0.4) is 0 Å². The van der Waals surface area contributed by atoms with Gasteiger partial charge >= 0.3 is 0 Å². The van der Waals surface area contributed by atoms with Gasteiger partial charge in [-0.1, -0.05) is 20.8 Å². The molecule has 0 radical (unpaired) electrons. The lowest BCUT2D eigenvalue weighted by Crippen LogP contribution is -2.31. The monoisotopic (exact) mass is 142 g/mol. The minimum Gasteiger partial charge on any atom is -0.393 e. The van der Waals surface area contributed by atoms with Gasteiger partial charge in [0.1, 0.15) is 0 Å². The Kier molecular flexibility index (Phi) is 2.35. The van der Waals surface area contributed by atoms with Crippen LogP contribution in [0.15, 0.2) is 0 Å². The van der Waals surface area contributed by atoms with Crippen LogP contribution in [0.2, 0.25) is 0 Å². The molecule has 10 heavy (non-hydrogen) atoms. The second kappa shape index (κ2) is 2.91. The van der Waals surface area contributed by atoms with Gasteiger partial charge in [0.2, 0.25) is 0 Å². The summed E-state index contributed by atoms with van der Waals surface area (Å²) in [6.45, 7) is 6.67. The average molecular weight is 142 g/mol. The maximum Gasteiger partial charge on any atom is 0.0568 e. The Balaban J connectivity index is 2.46. The van der Waals surface area contributed by atoms with Gasteiger partial charge in [0.05, 0.1) is 6.10 Å². The van der Waals surface area contributed by atoms with Gasteiger partial charge in [-0.2, -0.15) is 0 Å². The second-order valence-corrected chi connectivity index (χ2v) is 3.97. The Bertz CT molecular complexity index is 85.3. The van der Waals surface area contributed by atoms with Crippen molar-refractivity contribution in [2.24, 2.45) is 17.8 Å². The molecule has 0 aromatic carbocycles. The number of aliphatic hydroxyl groups excluding tert-OH is 1. The lowest BCUT2D eigenvalue weighted by atomic mass is 9.75. The molecule has 0 amide bonds. The van der Waals surface area contributed by atoms with E-state index >= 15 is 0 Å². The zero-order valence-corrected chi connectivity index (χ0v) is 7.17. The van der Waals surface area contributed by atoms with E-state index in [1.807, 2.05) is 0 Å². The summed E-state index contributed by atoms with van der Waals surface area (Å²) in [5.74, 6) is 2.04. The molecule has 0 aliphatic heterocycles. The molecule has 0 bridgehead atoms. The molecule has 0 saturated heterocycles. The fraction of sp³-hybridized carbons (Fsp3) is 1.00. The van der Waals surface area contributed by atoms with Crippen molar-refractivity contribution >= 4 is 0 Å². The van der Waals surface area contributed by atoms with Crippen LogP contribution in [0.4, 0.5) is 0 Å². The third-order valence-corrected chi connectivity index (χ3v) is 2.99. The number of rotatable bonds is 0. The molecular formula is C9H18O. The predicted molar refractivity (Wildman–Crippen MR) is 42.7 cm³/mol. The van der Waals surface area contributed by atoms with Crippen molar-refractivity contribution in [1.82, 2.24) is 0 Å². The van der Waals surface area contributed by atoms with Gasteiger partial charge < -0.3 is 5.11 Å². The molecule has 1 heteroatoms. The van der Waals surface area contributed by atoms with E-state index in [0.29, 0.717) is 11.8 Å². The molecule has 1 nitrogen and oxygen atoms in total. The molecule has 1 fully saturated rings. The smallest absolute Gasteiger partial charge is 0.0568 e. The van der Waals surface area contributed by atoms with Crippen LogP contribution in [-0.4, -0.2) is 11.2 Å². The van der Waals surface area contributed by atoms with Crippen molar-refractivity contribution in [1.29, 1.82) is 0 Å². The lowest BCUT2D eigenvalue weighted by molar-refractivity contribution is 0.0330. The summed E-state index contributed by atoms with van der Waals surface area (Å²) in [5, 5.41) is 9.47. The Hall–Kier alpha value is -0.0400. The molecule has 1 rings (SSSR count). The van der Waals surface area contributed by atoms with E-state index in [9.17, 15) is 5.11 Å². The Morgan fingerprint density at radius 2 is 1.40 bits per heavy atom. The van der Waals surface area contributed by atoms with Crippen LogP contribution in [-0.2, 0) is 0 Å². The highest BCUT2D eigenvalue weighted by molar-refractivity contribution is 4.79. The predicted octanol–water partition coefficient (Wildman–Crippen LogP) is 2.05. The SMILES string of the molecule is CC1CC(C)C(O)CC1C. The van der Waals surface area contributed by atoms with E-state index in [0.717, 1.165) is 12.3 Å². The largest absolute Gasteiger partial charge is 0.393 e. The Labute approximate surface area is 63.4 Å². The van der Waals surface area contributed by atoms with Gasteiger partial charge in [0.25, 0.3) is 0 Å². The molecule has 1 aliphatic carbocycles. The van der Waals surface area contributed by atoms with Gasteiger partial charge in [-0.3, -0.25) is 0 Å². The Morgan fingerprint density at radius 3 is 1.90 bits per heavy atom. The normalized spacial score (nSPS) is 49.2. The summed E-state index contributed by atoms with van der Waals surface area (Å²) < 4.78 is 0. The molecule has 1 N–H and O–H groups in total. The molecule has 1 aliphatic rings. The van der Waals surface area contributed by atoms with Crippen LogP contribution in [0.1, 0.15) is 33.6 Å². The first-order chi connectivity index (χ1) is 4.61. The highest BCUT2D eigenvalue weighted by atomic mass is 16.3. The van der Waals surface area contributed by atoms with Crippen LogP contribution in [0.25, 0.3) is 0 Å². The molecule has 1 saturated carbocycles. The Morgan fingerprint density at radius 1 is 0.900 bits per heavy atom. The molecule has 0 aromatic heterocycles. The number of hydrogen-bond donors (Lipinski definition) is 1.